The molecule has 4 rings (SSSR count). The van der Waals surface area contributed by atoms with Crippen molar-refractivity contribution < 1.29 is 9.53 Å². The first-order valence-corrected chi connectivity index (χ1v) is 10.3. The summed E-state index contributed by atoms with van der Waals surface area (Å²) in [5.74, 6) is -0.371. The zero-order chi connectivity index (χ0) is 19.3. The van der Waals surface area contributed by atoms with Crippen molar-refractivity contribution in [3.05, 3.63) is 72.4 Å². The van der Waals surface area contributed by atoms with Crippen LogP contribution in [0, 0.1) is 0 Å². The van der Waals surface area contributed by atoms with E-state index in [0.29, 0.717) is 6.54 Å². The molecular formula is C22H23N3O2S. The molecule has 3 aromatic rings. The lowest BCUT2D eigenvalue weighted by atomic mass is 10.1. The molecule has 6 heteroatoms. The second-order valence-electron chi connectivity index (χ2n) is 6.85. The summed E-state index contributed by atoms with van der Waals surface area (Å²) in [6.45, 7) is 1.52. The number of nitrogens with two attached hydrogens (primary N) is 1. The van der Waals surface area contributed by atoms with E-state index in [-0.39, 0.29) is 12.0 Å². The molecule has 2 atom stereocenters. The predicted octanol–water partition coefficient (Wildman–Crippen LogP) is 4.05. The van der Waals surface area contributed by atoms with Crippen LogP contribution >= 0.6 is 11.8 Å². The van der Waals surface area contributed by atoms with Crippen molar-refractivity contribution >= 4 is 17.7 Å². The highest BCUT2D eigenvalue weighted by atomic mass is 32.2. The van der Waals surface area contributed by atoms with Crippen molar-refractivity contribution in [2.75, 3.05) is 6.61 Å². The molecule has 2 unspecified atom stereocenters. The molecule has 0 bridgehead atoms. The number of imidazole rings is 1. The molecule has 5 nitrogen and oxygen atoms in total. The standard InChI is InChI=1S/C22H23N3O2S/c23-21(26)20(17-10-5-2-6-11-17)28-22-24-14-19(16-8-3-1-4-9-16)25(22)15-18-12-7-13-27-18/h1-6,8-11,14,18,20H,7,12-13,15H2,(H2,23,26). The Bertz CT molecular complexity index is 921. The number of primary amides is 1. The molecule has 0 spiro atoms. The van der Waals surface area contributed by atoms with Gasteiger partial charge in [-0.05, 0) is 24.0 Å². The van der Waals surface area contributed by atoms with Crippen LogP contribution in [-0.2, 0) is 16.1 Å². The number of nitrogens with zero attached hydrogens (tertiary/aromatic N) is 2. The molecule has 1 amide bonds. The van der Waals surface area contributed by atoms with E-state index in [2.05, 4.69) is 21.7 Å². The molecule has 0 saturated carbocycles. The molecule has 28 heavy (non-hydrogen) atoms. The Morgan fingerprint density at radius 3 is 2.54 bits per heavy atom. The molecule has 144 valence electrons. The maximum Gasteiger partial charge on any atom is 0.235 e. The van der Waals surface area contributed by atoms with E-state index in [9.17, 15) is 4.79 Å². The van der Waals surface area contributed by atoms with Crippen LogP contribution in [0.5, 0.6) is 0 Å². The average molecular weight is 394 g/mol. The second kappa shape index (κ2) is 8.63. The minimum Gasteiger partial charge on any atom is -0.376 e. The Kier molecular flexibility index (Phi) is 5.78. The minimum atomic E-state index is -0.490. The Hall–Kier alpha value is -2.57. The van der Waals surface area contributed by atoms with Gasteiger partial charge in [-0.15, -0.1) is 0 Å². The van der Waals surface area contributed by atoms with E-state index in [1.54, 1.807) is 0 Å². The monoisotopic (exact) mass is 393 g/mol. The van der Waals surface area contributed by atoms with Crippen molar-refractivity contribution in [2.24, 2.45) is 5.73 Å². The number of carbonyl (C=O) groups excluding carboxylic acids is 1. The van der Waals surface area contributed by atoms with Crippen LogP contribution in [0.2, 0.25) is 0 Å². The van der Waals surface area contributed by atoms with Gasteiger partial charge in [-0.25, -0.2) is 4.98 Å². The fourth-order valence-electron chi connectivity index (χ4n) is 3.48. The van der Waals surface area contributed by atoms with Crippen molar-refractivity contribution in [3.8, 4) is 11.3 Å². The third kappa shape index (κ3) is 4.13. The van der Waals surface area contributed by atoms with E-state index in [1.165, 1.54) is 11.8 Å². The van der Waals surface area contributed by atoms with Crippen molar-refractivity contribution in [1.29, 1.82) is 0 Å². The van der Waals surface area contributed by atoms with Gasteiger partial charge in [-0.3, -0.25) is 4.79 Å². The zero-order valence-electron chi connectivity index (χ0n) is 15.5. The number of hydrogen-bond donors (Lipinski definition) is 1. The number of ether oxygens (including phenoxy) is 1. The van der Waals surface area contributed by atoms with Gasteiger partial charge in [0.2, 0.25) is 5.91 Å². The number of aromatic nitrogens is 2. The summed E-state index contributed by atoms with van der Waals surface area (Å²) < 4.78 is 8.02. The summed E-state index contributed by atoms with van der Waals surface area (Å²) >= 11 is 1.40. The van der Waals surface area contributed by atoms with Gasteiger partial charge in [0, 0.05) is 6.61 Å². The zero-order valence-corrected chi connectivity index (χ0v) is 16.3. The summed E-state index contributed by atoms with van der Waals surface area (Å²) in [6.07, 6.45) is 4.15. The van der Waals surface area contributed by atoms with E-state index in [1.807, 2.05) is 54.7 Å². The van der Waals surface area contributed by atoms with Gasteiger partial charge in [0.15, 0.2) is 5.16 Å². The van der Waals surface area contributed by atoms with Crippen LogP contribution in [0.1, 0.15) is 23.7 Å². The van der Waals surface area contributed by atoms with Crippen LogP contribution in [0.25, 0.3) is 11.3 Å². The van der Waals surface area contributed by atoms with Crippen molar-refractivity contribution in [1.82, 2.24) is 9.55 Å². The van der Waals surface area contributed by atoms with Gasteiger partial charge >= 0.3 is 0 Å². The lowest BCUT2D eigenvalue weighted by Crippen LogP contribution is -2.21. The number of hydrogen-bond acceptors (Lipinski definition) is 4. The molecular weight excluding hydrogens is 370 g/mol. The van der Waals surface area contributed by atoms with Crippen LogP contribution < -0.4 is 5.73 Å². The Morgan fingerprint density at radius 2 is 1.89 bits per heavy atom. The van der Waals surface area contributed by atoms with Gasteiger partial charge in [-0.2, -0.15) is 0 Å². The Morgan fingerprint density at radius 1 is 1.18 bits per heavy atom. The summed E-state index contributed by atoms with van der Waals surface area (Å²) in [6, 6.07) is 19.8. The molecule has 2 aromatic carbocycles. The first kappa shape index (κ1) is 18.8. The third-order valence-corrected chi connectivity index (χ3v) is 6.16. The lowest BCUT2D eigenvalue weighted by Gasteiger charge is -2.18. The van der Waals surface area contributed by atoms with E-state index < -0.39 is 5.25 Å². The van der Waals surface area contributed by atoms with Gasteiger partial charge in [0.05, 0.1) is 24.5 Å². The predicted molar refractivity (Wildman–Crippen MR) is 111 cm³/mol. The topological polar surface area (TPSA) is 70.1 Å². The molecule has 1 saturated heterocycles. The molecule has 1 aliphatic heterocycles. The summed E-state index contributed by atoms with van der Waals surface area (Å²) in [7, 11) is 0. The largest absolute Gasteiger partial charge is 0.376 e. The smallest absolute Gasteiger partial charge is 0.235 e. The van der Waals surface area contributed by atoms with Crippen molar-refractivity contribution in [2.45, 2.75) is 35.9 Å². The molecule has 0 radical (unpaired) electrons. The molecule has 1 aromatic heterocycles. The van der Waals surface area contributed by atoms with Crippen LogP contribution in [0.15, 0.2) is 72.0 Å². The summed E-state index contributed by atoms with van der Waals surface area (Å²) in [5.41, 5.74) is 8.72. The fraction of sp³-hybridized carbons (Fsp3) is 0.273. The SMILES string of the molecule is NC(=O)C(Sc1ncc(-c2ccccc2)n1CC1CCCO1)c1ccccc1. The first-order valence-electron chi connectivity index (χ1n) is 9.46. The van der Waals surface area contributed by atoms with Crippen LogP contribution in [-0.4, -0.2) is 28.2 Å². The second-order valence-corrected chi connectivity index (χ2v) is 7.92. The van der Waals surface area contributed by atoms with Gasteiger partial charge < -0.3 is 15.0 Å². The molecule has 0 aliphatic carbocycles. The van der Waals surface area contributed by atoms with Crippen molar-refractivity contribution in [3.63, 3.8) is 0 Å². The fourth-order valence-corrected chi connectivity index (χ4v) is 4.52. The highest BCUT2D eigenvalue weighted by Gasteiger charge is 2.25. The molecule has 2 heterocycles. The number of amides is 1. The maximum atomic E-state index is 12.2. The van der Waals surface area contributed by atoms with E-state index >= 15 is 0 Å². The quantitative estimate of drug-likeness (QED) is 0.615. The molecule has 1 aliphatic rings. The third-order valence-electron chi connectivity index (χ3n) is 4.88. The highest BCUT2D eigenvalue weighted by molar-refractivity contribution is 8.00. The van der Waals surface area contributed by atoms with E-state index in [0.717, 1.165) is 41.4 Å². The molecule has 2 N–H and O–H groups in total. The summed E-state index contributed by atoms with van der Waals surface area (Å²) in [5, 5.41) is 0.289. The molecule has 1 fully saturated rings. The normalized spacial score (nSPS) is 17.5. The van der Waals surface area contributed by atoms with E-state index in [4.69, 9.17) is 10.5 Å². The maximum absolute atomic E-state index is 12.2. The van der Waals surface area contributed by atoms with Gasteiger partial charge in [-0.1, -0.05) is 72.4 Å². The van der Waals surface area contributed by atoms with Gasteiger partial charge in [0.1, 0.15) is 5.25 Å². The minimum absolute atomic E-state index is 0.166. The first-order chi connectivity index (χ1) is 13.7. The Labute approximate surface area is 168 Å². The number of carbonyl (C=O) groups is 1. The van der Waals surface area contributed by atoms with Gasteiger partial charge in [0.25, 0.3) is 0 Å². The number of benzene rings is 2. The Balaban J connectivity index is 1.69. The van der Waals surface area contributed by atoms with Crippen LogP contribution in [0.4, 0.5) is 0 Å². The lowest BCUT2D eigenvalue weighted by molar-refractivity contribution is -0.117. The van der Waals surface area contributed by atoms with Crippen LogP contribution in [0.3, 0.4) is 0 Å². The average Bonchev–Trinajstić information content (AvgIpc) is 3.38. The highest BCUT2D eigenvalue weighted by Crippen LogP contribution is 2.37. The number of thioether (sulfide) groups is 1. The summed E-state index contributed by atoms with van der Waals surface area (Å²) in [4.78, 5) is 16.8. The number of rotatable bonds is 7.